The van der Waals surface area contributed by atoms with Crippen molar-refractivity contribution in [3.63, 3.8) is 0 Å². The van der Waals surface area contributed by atoms with Crippen LogP contribution in [0.15, 0.2) is 12.3 Å². The molecule has 0 N–H and O–H groups in total. The molecule has 0 saturated heterocycles. The van der Waals surface area contributed by atoms with Gasteiger partial charge in [-0.15, -0.1) is 0 Å². The average molecular weight is 193 g/mol. The Kier molecular flexibility index (Phi) is 3.36. The largest absolute Gasteiger partial charge is 0.374 e. The molecule has 1 atom stereocenters. The van der Waals surface area contributed by atoms with Crippen molar-refractivity contribution < 1.29 is 9.53 Å². The Bertz CT molecular complexity index is 347. The van der Waals surface area contributed by atoms with Crippen LogP contribution in [0.4, 0.5) is 0 Å². The van der Waals surface area contributed by atoms with E-state index in [2.05, 4.69) is 4.98 Å². The second kappa shape index (κ2) is 4.33. The Labute approximate surface area is 84.1 Å². The van der Waals surface area contributed by atoms with Gasteiger partial charge < -0.3 is 4.74 Å². The molecule has 0 aliphatic heterocycles. The minimum absolute atomic E-state index is 0.0249. The first kappa shape index (κ1) is 10.9. The zero-order valence-corrected chi connectivity index (χ0v) is 9.00. The summed E-state index contributed by atoms with van der Waals surface area (Å²) in [5.41, 5.74) is 2.59. The molecule has 0 aromatic carbocycles. The van der Waals surface area contributed by atoms with Crippen molar-refractivity contribution in [1.82, 2.24) is 4.98 Å². The maximum atomic E-state index is 11.7. The second-order valence-corrected chi connectivity index (χ2v) is 3.37. The van der Waals surface area contributed by atoms with Gasteiger partial charge in [-0.05, 0) is 32.4 Å². The van der Waals surface area contributed by atoms with Crippen LogP contribution in [0.2, 0.25) is 0 Å². The normalized spacial score (nSPS) is 12.6. The van der Waals surface area contributed by atoms with Gasteiger partial charge in [-0.25, -0.2) is 0 Å². The maximum Gasteiger partial charge on any atom is 0.192 e. The second-order valence-electron chi connectivity index (χ2n) is 3.37. The van der Waals surface area contributed by atoms with Crippen LogP contribution < -0.4 is 0 Å². The summed E-state index contributed by atoms with van der Waals surface area (Å²) in [5.74, 6) is -0.0249. The topological polar surface area (TPSA) is 39.2 Å². The summed E-state index contributed by atoms with van der Waals surface area (Å²) in [5, 5.41) is 0. The van der Waals surface area contributed by atoms with E-state index < -0.39 is 6.10 Å². The number of hydrogen-bond donors (Lipinski definition) is 0. The van der Waals surface area contributed by atoms with Gasteiger partial charge in [0.1, 0.15) is 6.10 Å². The molecule has 76 valence electrons. The van der Waals surface area contributed by atoms with Crippen molar-refractivity contribution in [3.05, 3.63) is 29.1 Å². The minimum Gasteiger partial charge on any atom is -0.374 e. The van der Waals surface area contributed by atoms with Crippen LogP contribution in [-0.4, -0.2) is 24.0 Å². The lowest BCUT2D eigenvalue weighted by Crippen LogP contribution is -2.19. The van der Waals surface area contributed by atoms with E-state index in [4.69, 9.17) is 4.74 Å². The third kappa shape index (κ3) is 2.17. The zero-order chi connectivity index (χ0) is 10.7. The number of aromatic nitrogens is 1. The Hall–Kier alpha value is -1.22. The van der Waals surface area contributed by atoms with Crippen molar-refractivity contribution in [2.24, 2.45) is 0 Å². The van der Waals surface area contributed by atoms with Gasteiger partial charge in [0.05, 0.1) is 0 Å². The minimum atomic E-state index is -0.404. The monoisotopic (exact) mass is 193 g/mol. The fraction of sp³-hybridized carbons (Fsp3) is 0.455. The summed E-state index contributed by atoms with van der Waals surface area (Å²) in [6.07, 6.45) is 1.19. The van der Waals surface area contributed by atoms with Gasteiger partial charge in [0.25, 0.3) is 0 Å². The lowest BCUT2D eigenvalue weighted by Gasteiger charge is -2.08. The SMILES string of the molecule is COC(C)C(=O)c1cnc(C)c(C)c1. The molecule has 3 nitrogen and oxygen atoms in total. The van der Waals surface area contributed by atoms with E-state index in [1.54, 1.807) is 13.1 Å². The van der Waals surface area contributed by atoms with Gasteiger partial charge in [-0.1, -0.05) is 0 Å². The average Bonchev–Trinajstić information content (AvgIpc) is 2.20. The van der Waals surface area contributed by atoms with E-state index in [0.29, 0.717) is 5.56 Å². The smallest absolute Gasteiger partial charge is 0.192 e. The fourth-order valence-electron chi connectivity index (χ4n) is 1.12. The number of hydrogen-bond acceptors (Lipinski definition) is 3. The van der Waals surface area contributed by atoms with Crippen molar-refractivity contribution in [3.8, 4) is 0 Å². The molecule has 0 amide bonds. The number of methoxy groups -OCH3 is 1. The Morgan fingerprint density at radius 3 is 2.64 bits per heavy atom. The molecule has 0 aliphatic carbocycles. The van der Waals surface area contributed by atoms with Gasteiger partial charge in [-0.3, -0.25) is 9.78 Å². The molecule has 0 spiro atoms. The van der Waals surface area contributed by atoms with E-state index in [9.17, 15) is 4.79 Å². The lowest BCUT2D eigenvalue weighted by atomic mass is 10.1. The van der Waals surface area contributed by atoms with Crippen molar-refractivity contribution in [2.45, 2.75) is 26.9 Å². The van der Waals surface area contributed by atoms with Gasteiger partial charge in [0.15, 0.2) is 5.78 Å². The first-order chi connectivity index (χ1) is 6.56. The molecule has 0 saturated carbocycles. The van der Waals surface area contributed by atoms with Crippen LogP contribution in [0.5, 0.6) is 0 Å². The highest BCUT2D eigenvalue weighted by molar-refractivity contribution is 5.99. The molecule has 1 unspecified atom stereocenters. The highest BCUT2D eigenvalue weighted by atomic mass is 16.5. The molecule has 1 aromatic rings. The van der Waals surface area contributed by atoms with E-state index in [-0.39, 0.29) is 5.78 Å². The fourth-order valence-corrected chi connectivity index (χ4v) is 1.12. The number of rotatable bonds is 3. The summed E-state index contributed by atoms with van der Waals surface area (Å²) < 4.78 is 4.96. The molecule has 0 fully saturated rings. The van der Waals surface area contributed by atoms with Gasteiger partial charge in [0.2, 0.25) is 0 Å². The number of pyridine rings is 1. The van der Waals surface area contributed by atoms with E-state index >= 15 is 0 Å². The van der Waals surface area contributed by atoms with Crippen LogP contribution in [-0.2, 0) is 4.74 Å². The molecule has 3 heteroatoms. The number of ketones is 1. The number of ether oxygens (including phenoxy) is 1. The van der Waals surface area contributed by atoms with Crippen LogP contribution in [0.1, 0.15) is 28.5 Å². The molecule has 0 bridgehead atoms. The Morgan fingerprint density at radius 2 is 2.14 bits per heavy atom. The molecule has 1 rings (SSSR count). The zero-order valence-electron chi connectivity index (χ0n) is 9.00. The van der Waals surface area contributed by atoms with Crippen molar-refractivity contribution >= 4 is 5.78 Å². The van der Waals surface area contributed by atoms with E-state index in [1.165, 1.54) is 7.11 Å². The third-order valence-electron chi connectivity index (χ3n) is 2.35. The number of Topliss-reactive ketones (excluding diaryl/α,β-unsaturated/α-hetero) is 1. The molecule has 1 aromatic heterocycles. The summed E-state index contributed by atoms with van der Waals surface area (Å²) in [4.78, 5) is 15.8. The molecule has 0 radical (unpaired) electrons. The van der Waals surface area contributed by atoms with Crippen LogP contribution >= 0.6 is 0 Å². The first-order valence-electron chi connectivity index (χ1n) is 4.56. The van der Waals surface area contributed by atoms with Gasteiger partial charge in [-0.2, -0.15) is 0 Å². The van der Waals surface area contributed by atoms with Crippen molar-refractivity contribution in [1.29, 1.82) is 0 Å². The predicted molar refractivity (Wildman–Crippen MR) is 54.5 cm³/mol. The Balaban J connectivity index is 2.97. The van der Waals surface area contributed by atoms with E-state index in [0.717, 1.165) is 11.3 Å². The summed E-state index contributed by atoms with van der Waals surface area (Å²) >= 11 is 0. The molecule has 0 aliphatic rings. The quantitative estimate of drug-likeness (QED) is 0.688. The molecule has 1 heterocycles. The van der Waals surface area contributed by atoms with Gasteiger partial charge in [0, 0.05) is 24.6 Å². The predicted octanol–water partition coefficient (Wildman–Crippen LogP) is 1.92. The van der Waals surface area contributed by atoms with Crippen molar-refractivity contribution in [2.75, 3.05) is 7.11 Å². The number of nitrogens with zero attached hydrogens (tertiary/aromatic N) is 1. The number of carbonyl (C=O) groups is 1. The maximum absolute atomic E-state index is 11.7. The lowest BCUT2D eigenvalue weighted by molar-refractivity contribution is 0.0655. The van der Waals surface area contributed by atoms with Gasteiger partial charge >= 0.3 is 0 Å². The molecular weight excluding hydrogens is 178 g/mol. The van der Waals surface area contributed by atoms with Crippen LogP contribution in [0, 0.1) is 13.8 Å². The highest BCUT2D eigenvalue weighted by Crippen LogP contribution is 2.09. The summed E-state index contributed by atoms with van der Waals surface area (Å²) in [6.45, 7) is 5.59. The first-order valence-corrected chi connectivity index (χ1v) is 4.56. The summed E-state index contributed by atoms with van der Waals surface area (Å²) in [7, 11) is 1.52. The van der Waals surface area contributed by atoms with Crippen LogP contribution in [0.25, 0.3) is 0 Å². The number of aryl methyl sites for hydroxylation is 2. The molecular formula is C11H15NO2. The standard InChI is InChI=1S/C11H15NO2/c1-7-5-10(6-12-8(7)2)11(13)9(3)14-4/h5-6,9H,1-4H3. The third-order valence-corrected chi connectivity index (χ3v) is 2.35. The van der Waals surface area contributed by atoms with Crippen LogP contribution in [0.3, 0.4) is 0 Å². The summed E-state index contributed by atoms with van der Waals surface area (Å²) in [6, 6.07) is 1.85. The molecule has 14 heavy (non-hydrogen) atoms. The van der Waals surface area contributed by atoms with E-state index in [1.807, 2.05) is 19.9 Å². The Morgan fingerprint density at radius 1 is 1.50 bits per heavy atom. The number of carbonyl (C=O) groups excluding carboxylic acids is 1. The highest BCUT2D eigenvalue weighted by Gasteiger charge is 2.14.